The van der Waals surface area contributed by atoms with Gasteiger partial charge in [-0.25, -0.2) is 0 Å². The molecular weight excluding hydrogens is 314 g/mol. The Balaban J connectivity index is 1.90. The Labute approximate surface area is 140 Å². The van der Waals surface area contributed by atoms with Gasteiger partial charge in [-0.2, -0.15) is 0 Å². The van der Waals surface area contributed by atoms with E-state index in [1.54, 1.807) is 4.90 Å². The third-order valence-electron chi connectivity index (χ3n) is 3.87. The normalized spacial score (nSPS) is 19.5. The molecule has 1 fully saturated rings. The first-order valence-electron chi connectivity index (χ1n) is 7.06. The van der Waals surface area contributed by atoms with Crippen LogP contribution < -0.4 is 9.80 Å². The van der Waals surface area contributed by atoms with Crippen molar-refractivity contribution in [2.75, 3.05) is 30.4 Å². The molecule has 22 heavy (non-hydrogen) atoms. The molecule has 0 spiro atoms. The van der Waals surface area contributed by atoms with Crippen LogP contribution in [0.5, 0.6) is 0 Å². The highest BCUT2D eigenvalue weighted by Gasteiger charge is 2.31. The molecule has 3 rings (SSSR count). The molecule has 2 aliphatic rings. The van der Waals surface area contributed by atoms with Crippen LogP contribution in [0, 0.1) is 0 Å². The fraction of sp³-hybridized carbons (Fsp3) is 0.250. The largest absolute Gasteiger partial charge is 0.329 e. The van der Waals surface area contributed by atoms with Crippen LogP contribution in [0.1, 0.15) is 6.92 Å². The zero-order chi connectivity index (χ0) is 15.9. The molecule has 6 heteroatoms. The highest BCUT2D eigenvalue weighted by Crippen LogP contribution is 2.39. The van der Waals surface area contributed by atoms with E-state index in [-0.39, 0.29) is 5.91 Å². The minimum absolute atomic E-state index is 0.00447. The molecule has 0 N–H and O–H groups in total. The molecule has 2 heterocycles. The fourth-order valence-corrected chi connectivity index (χ4v) is 3.99. The number of thioether (sulfide) groups is 1. The molecule has 1 amide bonds. The predicted molar refractivity (Wildman–Crippen MR) is 97.0 cm³/mol. The zero-order valence-corrected chi connectivity index (χ0v) is 14.4. The maximum Gasteiger partial charge on any atom is 0.266 e. The molecule has 0 saturated carbocycles. The third-order valence-corrected chi connectivity index (χ3v) is 5.26. The Morgan fingerprint density at radius 2 is 1.73 bits per heavy atom. The first-order valence-corrected chi connectivity index (χ1v) is 8.29. The highest BCUT2D eigenvalue weighted by atomic mass is 32.2. The summed E-state index contributed by atoms with van der Waals surface area (Å²) in [5.74, 6) is 1.03. The van der Waals surface area contributed by atoms with Gasteiger partial charge in [0.1, 0.15) is 10.1 Å². The second kappa shape index (κ2) is 5.78. The number of fused-ring (bicyclic) bond motifs is 1. The minimum atomic E-state index is -0.00447. The van der Waals surface area contributed by atoms with Gasteiger partial charge in [-0.3, -0.25) is 9.69 Å². The summed E-state index contributed by atoms with van der Waals surface area (Å²) in [5.41, 5.74) is 2.32. The lowest BCUT2D eigenvalue weighted by molar-refractivity contribution is -0.122. The summed E-state index contributed by atoms with van der Waals surface area (Å²) in [6.07, 6.45) is 3.84. The van der Waals surface area contributed by atoms with Crippen molar-refractivity contribution >= 4 is 45.6 Å². The number of carbonyl (C=O) groups is 1. The number of para-hydroxylation sites is 2. The summed E-state index contributed by atoms with van der Waals surface area (Å²) >= 11 is 6.59. The van der Waals surface area contributed by atoms with Crippen LogP contribution in [-0.2, 0) is 4.79 Å². The van der Waals surface area contributed by atoms with E-state index in [1.807, 2.05) is 45.3 Å². The van der Waals surface area contributed by atoms with Gasteiger partial charge in [0.25, 0.3) is 5.91 Å². The first-order chi connectivity index (χ1) is 10.5. The Kier molecular flexibility index (Phi) is 3.97. The molecule has 0 unspecified atom stereocenters. The number of allylic oxidation sites excluding steroid dienone is 2. The summed E-state index contributed by atoms with van der Waals surface area (Å²) in [4.78, 5) is 18.8. The molecule has 0 bridgehead atoms. The van der Waals surface area contributed by atoms with Crippen LogP contribution in [-0.4, -0.2) is 35.8 Å². The number of carbonyl (C=O) groups excluding carboxylic acids is 1. The van der Waals surface area contributed by atoms with Crippen molar-refractivity contribution in [3.05, 3.63) is 47.1 Å². The second-order valence-electron chi connectivity index (χ2n) is 5.08. The number of rotatable bonds is 2. The number of nitrogens with zero attached hydrogens (tertiary/aromatic N) is 3. The zero-order valence-electron chi connectivity index (χ0n) is 12.7. The monoisotopic (exact) mass is 331 g/mol. The summed E-state index contributed by atoms with van der Waals surface area (Å²) in [6.45, 7) is 2.55. The summed E-state index contributed by atoms with van der Waals surface area (Å²) in [6, 6.07) is 8.23. The molecule has 4 nitrogen and oxygen atoms in total. The quantitative estimate of drug-likeness (QED) is 0.613. The Morgan fingerprint density at radius 1 is 1.14 bits per heavy atom. The van der Waals surface area contributed by atoms with E-state index in [0.717, 1.165) is 17.2 Å². The highest BCUT2D eigenvalue weighted by molar-refractivity contribution is 8.26. The van der Waals surface area contributed by atoms with Crippen molar-refractivity contribution in [2.24, 2.45) is 0 Å². The van der Waals surface area contributed by atoms with Gasteiger partial charge in [0.2, 0.25) is 0 Å². The lowest BCUT2D eigenvalue weighted by Gasteiger charge is -2.17. The molecule has 114 valence electrons. The fourth-order valence-electron chi connectivity index (χ4n) is 2.66. The minimum Gasteiger partial charge on any atom is -0.329 e. The maximum atomic E-state index is 12.2. The average Bonchev–Trinajstić information content (AvgIpc) is 2.93. The number of hydrogen-bond acceptors (Lipinski definition) is 5. The molecule has 0 aliphatic carbocycles. The van der Waals surface area contributed by atoms with Gasteiger partial charge in [-0.05, 0) is 31.2 Å². The van der Waals surface area contributed by atoms with Gasteiger partial charge in [-0.1, -0.05) is 36.1 Å². The van der Waals surface area contributed by atoms with E-state index in [0.29, 0.717) is 15.8 Å². The molecule has 0 atom stereocenters. The van der Waals surface area contributed by atoms with Gasteiger partial charge in [-0.15, -0.1) is 0 Å². The van der Waals surface area contributed by atoms with E-state index in [2.05, 4.69) is 21.9 Å². The van der Waals surface area contributed by atoms with E-state index in [1.165, 1.54) is 11.8 Å². The van der Waals surface area contributed by atoms with Gasteiger partial charge >= 0.3 is 0 Å². The van der Waals surface area contributed by atoms with Crippen molar-refractivity contribution in [3.8, 4) is 0 Å². The molecule has 1 aromatic carbocycles. The lowest BCUT2D eigenvalue weighted by atomic mass is 10.3. The molecule has 1 aromatic rings. The van der Waals surface area contributed by atoms with Crippen LogP contribution in [0.4, 0.5) is 11.4 Å². The van der Waals surface area contributed by atoms with Gasteiger partial charge < -0.3 is 9.80 Å². The topological polar surface area (TPSA) is 26.8 Å². The first kappa shape index (κ1) is 15.1. The van der Waals surface area contributed by atoms with Crippen molar-refractivity contribution in [3.63, 3.8) is 0 Å². The van der Waals surface area contributed by atoms with Gasteiger partial charge in [0.15, 0.2) is 0 Å². The van der Waals surface area contributed by atoms with Crippen molar-refractivity contribution in [1.29, 1.82) is 0 Å². The number of benzene rings is 1. The molecular formula is C16H17N3OS2. The molecule has 2 aliphatic heterocycles. The number of amides is 1. The molecule has 0 radical (unpaired) electrons. The summed E-state index contributed by atoms with van der Waals surface area (Å²) < 4.78 is 0.633. The van der Waals surface area contributed by atoms with Crippen molar-refractivity contribution in [2.45, 2.75) is 6.92 Å². The Hall–Kier alpha value is -1.79. The van der Waals surface area contributed by atoms with E-state index in [9.17, 15) is 4.79 Å². The van der Waals surface area contributed by atoms with Gasteiger partial charge in [0.05, 0.1) is 16.3 Å². The van der Waals surface area contributed by atoms with E-state index in [4.69, 9.17) is 12.2 Å². The Morgan fingerprint density at radius 3 is 2.23 bits per heavy atom. The van der Waals surface area contributed by atoms with Crippen LogP contribution in [0.2, 0.25) is 0 Å². The lowest BCUT2D eigenvalue weighted by Crippen LogP contribution is -2.27. The maximum absolute atomic E-state index is 12.2. The Bertz CT molecular complexity index is 680. The van der Waals surface area contributed by atoms with E-state index < -0.39 is 0 Å². The number of anilines is 2. The predicted octanol–water partition coefficient (Wildman–Crippen LogP) is 3.18. The van der Waals surface area contributed by atoms with E-state index >= 15 is 0 Å². The average molecular weight is 331 g/mol. The number of thiocarbonyl (C=S) groups is 1. The smallest absolute Gasteiger partial charge is 0.266 e. The number of hydrogen-bond donors (Lipinski definition) is 0. The van der Waals surface area contributed by atoms with Crippen LogP contribution in [0.3, 0.4) is 0 Å². The second-order valence-corrected chi connectivity index (χ2v) is 6.76. The van der Waals surface area contributed by atoms with Gasteiger partial charge in [0, 0.05) is 20.6 Å². The SMILES string of the molecule is CCN1C(=O)C(=CC=C2N(C)c3ccccc3N2C)SC1=S. The van der Waals surface area contributed by atoms with Crippen molar-refractivity contribution in [1.82, 2.24) is 4.90 Å². The summed E-state index contributed by atoms with van der Waals surface area (Å²) in [7, 11) is 4.05. The van der Waals surface area contributed by atoms with Crippen LogP contribution >= 0.6 is 24.0 Å². The van der Waals surface area contributed by atoms with Crippen LogP contribution in [0.15, 0.2) is 47.1 Å². The molecule has 1 saturated heterocycles. The van der Waals surface area contributed by atoms with Crippen molar-refractivity contribution < 1.29 is 4.79 Å². The number of likely N-dealkylation sites (N-methyl/N-ethyl adjacent to an activating group) is 1. The molecule has 0 aromatic heterocycles. The third kappa shape index (κ3) is 2.32. The standard InChI is InChI=1S/C16H17N3OS2/c1-4-19-15(20)13(22-16(19)21)9-10-14-17(2)11-7-5-6-8-12(11)18(14)3/h5-10H,4H2,1-3H3. The summed E-state index contributed by atoms with van der Waals surface area (Å²) in [5, 5.41) is 0. The van der Waals surface area contributed by atoms with Crippen LogP contribution in [0.25, 0.3) is 0 Å².